The molecule has 2 aromatic heterocycles. The number of rotatable bonds is 5. The molecule has 0 unspecified atom stereocenters. The number of halogens is 7. The zero-order valence-electron chi connectivity index (χ0n) is 20.3. The molecule has 1 aromatic carbocycles. The van der Waals surface area contributed by atoms with Crippen molar-refractivity contribution in [2.45, 2.75) is 44.2 Å². The minimum atomic E-state index is -4.69. The molecule has 1 aliphatic rings. The van der Waals surface area contributed by atoms with Crippen LogP contribution in [-0.4, -0.2) is 62.7 Å². The lowest BCUT2D eigenvalue weighted by Gasteiger charge is -2.27. The van der Waals surface area contributed by atoms with Crippen molar-refractivity contribution < 1.29 is 45.7 Å². The van der Waals surface area contributed by atoms with Gasteiger partial charge in [-0.25, -0.2) is 22.5 Å². The summed E-state index contributed by atoms with van der Waals surface area (Å²) in [6.07, 6.45) is -8.13. The molecule has 0 spiro atoms. The summed E-state index contributed by atoms with van der Waals surface area (Å²) in [5.41, 5.74) is -5.65. The highest BCUT2D eigenvalue weighted by Crippen LogP contribution is 2.30. The van der Waals surface area contributed by atoms with Crippen LogP contribution in [0.25, 0.3) is 16.7 Å². The molecule has 1 fully saturated rings. The molecule has 15 heteroatoms. The minimum absolute atomic E-state index is 0.283. The van der Waals surface area contributed by atoms with Gasteiger partial charge >= 0.3 is 6.18 Å². The third-order valence-corrected chi connectivity index (χ3v) is 6.03. The fraction of sp³-hybridized carbons (Fsp3) is 0.375. The fourth-order valence-electron chi connectivity index (χ4n) is 4.40. The SMILES string of the molecule is CC(C)(CC(F)(F)F)NC(=O)c1cn(-c2c(F)cc(F)cc2F)c2nc(N3C[C@@H](O)[C@@H](O)C3)c(F)cc2c1=O. The number of nitrogens with one attached hydrogen (secondary N) is 1. The molecule has 4 rings (SSSR count). The summed E-state index contributed by atoms with van der Waals surface area (Å²) < 4.78 is 97.7. The molecular weight excluding hydrogens is 541 g/mol. The van der Waals surface area contributed by atoms with Gasteiger partial charge in [-0.2, -0.15) is 13.2 Å². The van der Waals surface area contributed by atoms with E-state index in [2.05, 4.69) is 4.98 Å². The smallest absolute Gasteiger partial charge is 0.389 e. The van der Waals surface area contributed by atoms with E-state index in [1.165, 1.54) is 0 Å². The Bertz CT molecular complexity index is 1490. The van der Waals surface area contributed by atoms with Gasteiger partial charge in [0.2, 0.25) is 5.43 Å². The van der Waals surface area contributed by atoms with Gasteiger partial charge < -0.3 is 20.4 Å². The van der Waals surface area contributed by atoms with Crippen LogP contribution in [-0.2, 0) is 0 Å². The number of nitrogens with zero attached hydrogens (tertiary/aromatic N) is 3. The highest BCUT2D eigenvalue weighted by molar-refractivity contribution is 5.97. The Morgan fingerprint density at radius 2 is 1.59 bits per heavy atom. The number of anilines is 1. The average molecular weight is 562 g/mol. The maximum atomic E-state index is 15.1. The number of amides is 1. The number of carbonyl (C=O) groups excluding carboxylic acids is 1. The molecule has 39 heavy (non-hydrogen) atoms. The van der Waals surface area contributed by atoms with Crippen molar-refractivity contribution in [1.29, 1.82) is 0 Å². The van der Waals surface area contributed by atoms with Crippen molar-refractivity contribution in [2.75, 3.05) is 18.0 Å². The van der Waals surface area contributed by atoms with Crippen LogP contribution in [0.15, 0.2) is 29.2 Å². The molecule has 0 aliphatic carbocycles. The van der Waals surface area contributed by atoms with Crippen LogP contribution in [0.5, 0.6) is 0 Å². The van der Waals surface area contributed by atoms with E-state index in [1.807, 2.05) is 5.32 Å². The van der Waals surface area contributed by atoms with Crippen LogP contribution in [0, 0.1) is 23.3 Å². The van der Waals surface area contributed by atoms with Gasteiger partial charge in [0.1, 0.15) is 17.1 Å². The summed E-state index contributed by atoms with van der Waals surface area (Å²) in [5.74, 6) is -7.34. The summed E-state index contributed by atoms with van der Waals surface area (Å²) in [5, 5.41) is 21.0. The summed E-state index contributed by atoms with van der Waals surface area (Å²) in [6.45, 7) is 1.50. The molecule has 0 radical (unpaired) electrons. The van der Waals surface area contributed by atoms with Crippen LogP contribution in [0.4, 0.5) is 36.6 Å². The molecule has 3 heterocycles. The maximum Gasteiger partial charge on any atom is 0.391 e. The number of alkyl halides is 3. The van der Waals surface area contributed by atoms with Crippen molar-refractivity contribution in [1.82, 2.24) is 14.9 Å². The monoisotopic (exact) mass is 562 g/mol. The zero-order chi connectivity index (χ0) is 29.0. The lowest BCUT2D eigenvalue weighted by molar-refractivity contribution is -0.146. The molecule has 1 saturated heterocycles. The summed E-state index contributed by atoms with van der Waals surface area (Å²) >= 11 is 0. The number of β-amino-alcohol motifs (C(OH)–C–C–N with tert-alkyl or cyclic N) is 2. The van der Waals surface area contributed by atoms with Gasteiger partial charge in [-0.1, -0.05) is 0 Å². The van der Waals surface area contributed by atoms with E-state index in [0.717, 1.165) is 18.7 Å². The van der Waals surface area contributed by atoms with Crippen molar-refractivity contribution in [3.63, 3.8) is 0 Å². The van der Waals surface area contributed by atoms with Gasteiger partial charge in [-0.05, 0) is 19.9 Å². The normalized spacial score (nSPS) is 18.2. The van der Waals surface area contributed by atoms with E-state index in [9.17, 15) is 46.1 Å². The molecule has 210 valence electrons. The van der Waals surface area contributed by atoms with Gasteiger partial charge in [0.25, 0.3) is 5.91 Å². The largest absolute Gasteiger partial charge is 0.391 e. The summed E-state index contributed by atoms with van der Waals surface area (Å²) in [4.78, 5) is 31.2. The second-order valence-electron chi connectivity index (χ2n) is 9.79. The number of carbonyl (C=O) groups is 1. The molecule has 1 aliphatic heterocycles. The standard InChI is InChI=1S/C24H21F7N4O4/c1-23(2,9-24(29,30)31)33-22(39)12-6-35(18-13(26)3-10(25)4-14(18)27)20-11(19(12)38)5-15(28)21(32-20)34-7-16(36)17(37)8-34/h3-6,16-17,36-37H,7-9H2,1-2H3,(H,33,39)/t16-,17+. The highest BCUT2D eigenvalue weighted by atomic mass is 19.4. The average Bonchev–Trinajstić information content (AvgIpc) is 3.10. The van der Waals surface area contributed by atoms with Gasteiger partial charge in [0, 0.05) is 37.0 Å². The van der Waals surface area contributed by atoms with Gasteiger partial charge in [0.15, 0.2) is 28.9 Å². The Labute approximate surface area is 215 Å². The first-order chi connectivity index (χ1) is 18.0. The molecule has 2 atom stereocenters. The van der Waals surface area contributed by atoms with Crippen molar-refractivity contribution in [2.24, 2.45) is 0 Å². The lowest BCUT2D eigenvalue weighted by Crippen LogP contribution is -2.47. The van der Waals surface area contributed by atoms with Gasteiger partial charge in [-0.3, -0.25) is 14.2 Å². The molecule has 0 bridgehead atoms. The van der Waals surface area contributed by atoms with Crippen LogP contribution in [0.1, 0.15) is 30.6 Å². The number of hydrogen-bond acceptors (Lipinski definition) is 6. The molecule has 1 amide bonds. The van der Waals surface area contributed by atoms with Crippen LogP contribution in [0.2, 0.25) is 0 Å². The number of aliphatic hydroxyl groups excluding tert-OH is 2. The first kappa shape index (κ1) is 28.3. The number of aromatic nitrogens is 2. The molecular formula is C24H21F7N4O4. The second kappa shape index (κ2) is 9.79. The summed E-state index contributed by atoms with van der Waals surface area (Å²) in [7, 11) is 0. The lowest BCUT2D eigenvalue weighted by atomic mass is 9.99. The number of aliphatic hydroxyl groups is 2. The Balaban J connectivity index is 1.96. The number of hydrogen-bond donors (Lipinski definition) is 3. The van der Waals surface area contributed by atoms with Gasteiger partial charge in [0.05, 0.1) is 24.0 Å². The molecule has 8 nitrogen and oxygen atoms in total. The molecule has 0 saturated carbocycles. The fourth-order valence-corrected chi connectivity index (χ4v) is 4.40. The van der Waals surface area contributed by atoms with E-state index >= 15 is 4.39 Å². The van der Waals surface area contributed by atoms with Crippen molar-refractivity contribution in [3.8, 4) is 5.69 Å². The first-order valence-electron chi connectivity index (χ1n) is 11.4. The van der Waals surface area contributed by atoms with E-state index in [0.29, 0.717) is 29.0 Å². The number of benzene rings is 1. The number of pyridine rings is 2. The van der Waals surface area contributed by atoms with Crippen molar-refractivity contribution in [3.05, 3.63) is 63.5 Å². The number of fused-ring (bicyclic) bond motifs is 1. The predicted molar refractivity (Wildman–Crippen MR) is 124 cm³/mol. The Kier molecular flexibility index (Phi) is 7.10. The van der Waals surface area contributed by atoms with Gasteiger partial charge in [-0.15, -0.1) is 0 Å². The Morgan fingerprint density at radius 3 is 2.13 bits per heavy atom. The third kappa shape index (κ3) is 5.68. The highest BCUT2D eigenvalue weighted by Gasteiger charge is 2.38. The maximum absolute atomic E-state index is 15.1. The van der Waals surface area contributed by atoms with Crippen LogP contribution in [0.3, 0.4) is 0 Å². The molecule has 3 aromatic rings. The quantitative estimate of drug-likeness (QED) is 0.413. The van der Waals surface area contributed by atoms with Crippen LogP contribution >= 0.6 is 0 Å². The third-order valence-electron chi connectivity index (χ3n) is 6.03. The Hall–Kier alpha value is -3.72. The van der Waals surface area contributed by atoms with E-state index in [-0.39, 0.29) is 13.1 Å². The van der Waals surface area contributed by atoms with E-state index in [1.54, 1.807) is 0 Å². The summed E-state index contributed by atoms with van der Waals surface area (Å²) in [6, 6.07) is 1.20. The van der Waals surface area contributed by atoms with Crippen LogP contribution < -0.4 is 15.6 Å². The van der Waals surface area contributed by atoms with E-state index in [4.69, 9.17) is 0 Å². The topological polar surface area (TPSA) is 108 Å². The van der Waals surface area contributed by atoms with Crippen molar-refractivity contribution >= 4 is 22.8 Å². The zero-order valence-corrected chi connectivity index (χ0v) is 20.3. The predicted octanol–water partition coefficient (Wildman–Crippen LogP) is 2.94. The second-order valence-corrected chi connectivity index (χ2v) is 9.79. The van der Waals surface area contributed by atoms with E-state index < -0.39 is 93.1 Å². The first-order valence-corrected chi connectivity index (χ1v) is 11.4. The Morgan fingerprint density at radius 1 is 1.03 bits per heavy atom. The molecule has 3 N–H and O–H groups in total. The minimum Gasteiger partial charge on any atom is -0.389 e.